The summed E-state index contributed by atoms with van der Waals surface area (Å²) in [7, 11) is 0. The van der Waals surface area contributed by atoms with E-state index in [4.69, 9.17) is 9.84 Å². The zero-order chi connectivity index (χ0) is 24.4. The second-order valence-electron chi connectivity index (χ2n) is 7.77. The summed E-state index contributed by atoms with van der Waals surface area (Å²) in [6.45, 7) is 1.39. The number of carboxylic acids is 1. The fraction of sp³-hybridized carbons (Fsp3) is 0.160. The molecule has 3 aromatic rings. The molecule has 1 aliphatic carbocycles. The maximum Gasteiger partial charge on any atom is 0.407 e. The van der Waals surface area contributed by atoms with E-state index >= 15 is 0 Å². The topological polar surface area (TPSA) is 105 Å². The number of ether oxygens (including phenoxy) is 1. The fourth-order valence-electron chi connectivity index (χ4n) is 3.97. The number of alkyl carbamates (subject to hydrolysis) is 1. The molecule has 0 radical (unpaired) electrons. The van der Waals surface area contributed by atoms with Gasteiger partial charge in [-0.3, -0.25) is 4.79 Å². The molecule has 34 heavy (non-hydrogen) atoms. The molecular weight excluding hydrogens is 446 g/mol. The van der Waals surface area contributed by atoms with Gasteiger partial charge in [0.15, 0.2) is 5.82 Å². The zero-order valence-corrected chi connectivity index (χ0v) is 18.0. The van der Waals surface area contributed by atoms with Gasteiger partial charge < -0.3 is 20.5 Å². The number of anilines is 1. The third-order valence-corrected chi connectivity index (χ3v) is 5.63. The number of benzene rings is 3. The summed E-state index contributed by atoms with van der Waals surface area (Å²) in [6.07, 6.45) is -0.852. The number of amides is 2. The number of hydrogen-bond donors (Lipinski definition) is 3. The minimum absolute atomic E-state index is 0.0444. The van der Waals surface area contributed by atoms with Crippen molar-refractivity contribution in [1.82, 2.24) is 5.32 Å². The SMILES string of the molecule is C[C@H](NC(=O)OCC1c2ccccc2-c2ccccc21)C(=O)Nc1ccc(F)c(C(=O)O)c1F. The molecule has 7 nitrogen and oxygen atoms in total. The van der Waals surface area contributed by atoms with E-state index in [0.29, 0.717) is 0 Å². The van der Waals surface area contributed by atoms with Crippen LogP contribution < -0.4 is 10.6 Å². The van der Waals surface area contributed by atoms with Gasteiger partial charge in [0.05, 0.1) is 5.69 Å². The minimum Gasteiger partial charge on any atom is -0.477 e. The van der Waals surface area contributed by atoms with Crippen LogP contribution in [0, 0.1) is 11.6 Å². The highest BCUT2D eigenvalue weighted by atomic mass is 19.1. The Morgan fingerprint density at radius 2 is 1.56 bits per heavy atom. The summed E-state index contributed by atoms with van der Waals surface area (Å²) in [5.74, 6) is -5.50. The van der Waals surface area contributed by atoms with E-state index in [9.17, 15) is 23.2 Å². The molecule has 0 aliphatic heterocycles. The van der Waals surface area contributed by atoms with Gasteiger partial charge in [0.2, 0.25) is 5.91 Å². The van der Waals surface area contributed by atoms with Gasteiger partial charge in [0, 0.05) is 5.92 Å². The first-order valence-electron chi connectivity index (χ1n) is 10.4. The first-order chi connectivity index (χ1) is 16.3. The number of halogens is 2. The molecule has 1 atom stereocenters. The highest BCUT2D eigenvalue weighted by molar-refractivity contribution is 5.98. The predicted octanol–water partition coefficient (Wildman–Crippen LogP) is 4.53. The lowest BCUT2D eigenvalue weighted by Gasteiger charge is -2.17. The van der Waals surface area contributed by atoms with E-state index < -0.39 is 46.9 Å². The summed E-state index contributed by atoms with van der Waals surface area (Å²) in [5.41, 5.74) is 2.50. The molecule has 0 fully saturated rings. The molecule has 9 heteroatoms. The number of carbonyl (C=O) groups is 3. The van der Waals surface area contributed by atoms with Crippen LogP contribution in [-0.2, 0) is 9.53 Å². The molecule has 0 bridgehead atoms. The Kier molecular flexibility index (Phi) is 6.27. The number of carboxylic acid groups (broad SMARTS) is 1. The number of hydrogen-bond acceptors (Lipinski definition) is 4. The van der Waals surface area contributed by atoms with Crippen LogP contribution in [0.1, 0.15) is 34.3 Å². The first-order valence-corrected chi connectivity index (χ1v) is 10.4. The van der Waals surface area contributed by atoms with Crippen molar-refractivity contribution in [2.45, 2.75) is 18.9 Å². The van der Waals surface area contributed by atoms with Crippen molar-refractivity contribution in [3.63, 3.8) is 0 Å². The molecule has 174 valence electrons. The molecule has 1 aliphatic rings. The van der Waals surface area contributed by atoms with E-state index in [1.807, 2.05) is 48.5 Å². The van der Waals surface area contributed by atoms with Crippen molar-refractivity contribution in [3.05, 3.63) is 89.0 Å². The van der Waals surface area contributed by atoms with Crippen LogP contribution in [0.4, 0.5) is 19.3 Å². The standard InChI is InChI=1S/C25H20F2N2O5/c1-13(23(30)29-20-11-10-19(26)21(22(20)27)24(31)32)28-25(33)34-12-18-16-8-4-2-6-14(16)15-7-3-5-9-17(15)18/h2-11,13,18H,12H2,1H3,(H,28,33)(H,29,30)(H,31,32)/t13-/m0/s1. The Morgan fingerprint density at radius 3 is 2.15 bits per heavy atom. The summed E-state index contributed by atoms with van der Waals surface area (Å²) in [4.78, 5) is 35.7. The Balaban J connectivity index is 1.38. The number of aromatic carboxylic acids is 1. The highest BCUT2D eigenvalue weighted by Crippen LogP contribution is 2.44. The summed E-state index contributed by atoms with van der Waals surface area (Å²) < 4.78 is 33.2. The van der Waals surface area contributed by atoms with E-state index in [2.05, 4.69) is 10.6 Å². The molecular formula is C25H20F2N2O5. The third-order valence-electron chi connectivity index (χ3n) is 5.63. The lowest BCUT2D eigenvalue weighted by molar-refractivity contribution is -0.117. The average molecular weight is 466 g/mol. The lowest BCUT2D eigenvalue weighted by atomic mass is 9.98. The monoisotopic (exact) mass is 466 g/mol. The van der Waals surface area contributed by atoms with Crippen molar-refractivity contribution in [1.29, 1.82) is 0 Å². The van der Waals surface area contributed by atoms with Crippen LogP contribution in [0.25, 0.3) is 11.1 Å². The maximum atomic E-state index is 14.3. The normalized spacial score (nSPS) is 12.9. The minimum atomic E-state index is -1.81. The van der Waals surface area contributed by atoms with Crippen molar-refractivity contribution >= 4 is 23.7 Å². The number of rotatable bonds is 6. The van der Waals surface area contributed by atoms with E-state index in [1.165, 1.54) is 6.92 Å². The lowest BCUT2D eigenvalue weighted by Crippen LogP contribution is -2.42. The number of nitrogens with one attached hydrogen (secondary N) is 2. The van der Waals surface area contributed by atoms with Crippen molar-refractivity contribution in [2.75, 3.05) is 11.9 Å². The van der Waals surface area contributed by atoms with Crippen LogP contribution in [0.2, 0.25) is 0 Å². The number of carbonyl (C=O) groups excluding carboxylic acids is 2. The van der Waals surface area contributed by atoms with Crippen LogP contribution in [-0.4, -0.2) is 35.7 Å². The van der Waals surface area contributed by atoms with E-state index in [-0.39, 0.29) is 12.5 Å². The van der Waals surface area contributed by atoms with Gasteiger partial charge >= 0.3 is 12.1 Å². The Hall–Kier alpha value is -4.27. The molecule has 3 N–H and O–H groups in total. The van der Waals surface area contributed by atoms with Gasteiger partial charge in [-0.2, -0.15) is 0 Å². The van der Waals surface area contributed by atoms with Crippen molar-refractivity contribution < 1.29 is 33.0 Å². The molecule has 0 spiro atoms. The molecule has 0 unspecified atom stereocenters. The van der Waals surface area contributed by atoms with Gasteiger partial charge in [0.1, 0.15) is 24.0 Å². The highest BCUT2D eigenvalue weighted by Gasteiger charge is 2.29. The van der Waals surface area contributed by atoms with Gasteiger partial charge in [0.25, 0.3) is 0 Å². The third kappa shape index (κ3) is 4.32. The number of fused-ring (bicyclic) bond motifs is 3. The van der Waals surface area contributed by atoms with E-state index in [1.54, 1.807) is 0 Å². The summed E-state index contributed by atoms with van der Waals surface area (Å²) in [5, 5.41) is 13.4. The molecule has 3 aromatic carbocycles. The smallest absolute Gasteiger partial charge is 0.407 e. The van der Waals surface area contributed by atoms with Gasteiger partial charge in [-0.1, -0.05) is 48.5 Å². The Bertz CT molecular complexity index is 1250. The van der Waals surface area contributed by atoms with Gasteiger partial charge in [-0.15, -0.1) is 0 Å². The first kappa shape index (κ1) is 22.9. The second kappa shape index (κ2) is 9.30. The fourth-order valence-corrected chi connectivity index (χ4v) is 3.97. The molecule has 0 aromatic heterocycles. The Morgan fingerprint density at radius 1 is 0.971 bits per heavy atom. The summed E-state index contributed by atoms with van der Waals surface area (Å²) >= 11 is 0. The molecule has 0 saturated carbocycles. The van der Waals surface area contributed by atoms with Gasteiger partial charge in [-0.25, -0.2) is 18.4 Å². The maximum absolute atomic E-state index is 14.3. The molecule has 4 rings (SSSR count). The molecule has 0 saturated heterocycles. The van der Waals surface area contributed by atoms with Crippen LogP contribution in [0.15, 0.2) is 60.7 Å². The largest absolute Gasteiger partial charge is 0.477 e. The Labute approximate surface area is 193 Å². The van der Waals surface area contributed by atoms with Crippen LogP contribution in [0.3, 0.4) is 0 Å². The molecule has 2 amide bonds. The average Bonchev–Trinajstić information content (AvgIpc) is 3.13. The van der Waals surface area contributed by atoms with Crippen LogP contribution in [0.5, 0.6) is 0 Å². The van der Waals surface area contributed by atoms with E-state index in [0.717, 1.165) is 34.4 Å². The van der Waals surface area contributed by atoms with Crippen molar-refractivity contribution in [3.8, 4) is 11.1 Å². The van der Waals surface area contributed by atoms with Crippen molar-refractivity contribution in [2.24, 2.45) is 0 Å². The molecule has 0 heterocycles. The summed E-state index contributed by atoms with van der Waals surface area (Å²) in [6, 6.07) is 16.1. The zero-order valence-electron chi connectivity index (χ0n) is 18.0. The second-order valence-corrected chi connectivity index (χ2v) is 7.77. The van der Waals surface area contributed by atoms with Crippen LogP contribution >= 0.6 is 0 Å². The predicted molar refractivity (Wildman–Crippen MR) is 120 cm³/mol. The quantitative estimate of drug-likeness (QED) is 0.495. The van der Waals surface area contributed by atoms with Gasteiger partial charge in [-0.05, 0) is 41.3 Å².